The van der Waals surface area contributed by atoms with Crippen molar-refractivity contribution in [3.8, 4) is 0 Å². The molecule has 0 aliphatic carbocycles. The molecule has 132 valence electrons. The largest absolute Gasteiger partial charge is 0.289 e. The lowest BCUT2D eigenvalue weighted by Crippen LogP contribution is -1.89. The van der Waals surface area contributed by atoms with Crippen molar-refractivity contribution in [1.82, 2.24) is 44.0 Å². The molecule has 0 aliphatic heterocycles. The summed E-state index contributed by atoms with van der Waals surface area (Å²) in [7, 11) is 0. The number of aromatic nitrogens is 9. The van der Waals surface area contributed by atoms with Gasteiger partial charge in [-0.1, -0.05) is 6.07 Å². The minimum Gasteiger partial charge on any atom is -0.289 e. The first kappa shape index (κ1) is 16.3. The minimum atomic E-state index is 0.887. The van der Waals surface area contributed by atoms with Crippen LogP contribution >= 0.6 is 0 Å². The van der Waals surface area contributed by atoms with Crippen LogP contribution in [0.1, 0.15) is 0 Å². The second kappa shape index (κ2) is 7.83. The number of hydrogen-bond acceptors (Lipinski definition) is 6. The van der Waals surface area contributed by atoms with E-state index in [4.69, 9.17) is 0 Å². The Morgan fingerprint density at radius 2 is 1.52 bits per heavy atom. The third-order valence-corrected chi connectivity index (χ3v) is 3.59. The molecule has 0 atom stereocenters. The van der Waals surface area contributed by atoms with Crippen molar-refractivity contribution in [2.45, 2.75) is 0 Å². The number of pyridine rings is 1. The summed E-state index contributed by atoms with van der Waals surface area (Å²) in [5.74, 6) is 0. The topological polar surface area (TPSA) is 90.6 Å². The first-order chi connectivity index (χ1) is 13.4. The van der Waals surface area contributed by atoms with Gasteiger partial charge in [0.05, 0.1) is 23.4 Å². The van der Waals surface area contributed by atoms with Crippen molar-refractivity contribution in [3.63, 3.8) is 0 Å². The van der Waals surface area contributed by atoms with Crippen molar-refractivity contribution in [1.29, 1.82) is 0 Å². The Kier molecular flexibility index (Phi) is 4.74. The fourth-order valence-corrected chi connectivity index (χ4v) is 2.31. The number of hydrogen-bond donors (Lipinski definition) is 0. The molecule has 27 heavy (non-hydrogen) atoms. The normalized spacial score (nSPS) is 10.2. The molecule has 0 amide bonds. The zero-order valence-electron chi connectivity index (χ0n) is 14.2. The quantitative estimate of drug-likeness (QED) is 0.414. The lowest BCUT2D eigenvalue weighted by atomic mass is 10.5. The zero-order valence-corrected chi connectivity index (χ0v) is 14.2. The van der Waals surface area contributed by atoms with E-state index in [2.05, 4.69) is 30.5 Å². The van der Waals surface area contributed by atoms with Crippen LogP contribution in [0.25, 0.3) is 16.7 Å². The summed E-state index contributed by atoms with van der Waals surface area (Å²) in [4.78, 5) is 3.89. The highest BCUT2D eigenvalue weighted by atomic mass is 15.4. The highest BCUT2D eigenvalue weighted by Crippen LogP contribution is 1.96. The summed E-state index contributed by atoms with van der Waals surface area (Å²) in [6, 6.07) is 15.4. The summed E-state index contributed by atoms with van der Waals surface area (Å²) >= 11 is 0. The molecule has 0 bridgehead atoms. The van der Waals surface area contributed by atoms with Gasteiger partial charge in [0, 0.05) is 18.6 Å². The Morgan fingerprint density at radius 3 is 2.41 bits per heavy atom. The fourth-order valence-electron chi connectivity index (χ4n) is 2.31. The van der Waals surface area contributed by atoms with Gasteiger partial charge in [-0.2, -0.15) is 19.9 Å². The van der Waals surface area contributed by atoms with Gasteiger partial charge >= 0.3 is 0 Å². The highest BCUT2D eigenvalue weighted by molar-refractivity contribution is 5.43. The Hall–Kier alpha value is -4.14. The van der Waals surface area contributed by atoms with Crippen LogP contribution in [0.15, 0.2) is 92.2 Å². The predicted molar refractivity (Wildman–Crippen MR) is 99.0 cm³/mol. The molecule has 0 radical (unpaired) electrons. The number of nitrogens with zero attached hydrogens (tertiary/aromatic N) is 9. The monoisotopic (exact) mass is 357 g/mol. The molecule has 0 saturated heterocycles. The van der Waals surface area contributed by atoms with Gasteiger partial charge < -0.3 is 0 Å². The summed E-state index contributed by atoms with van der Waals surface area (Å²) in [5.41, 5.74) is 2.99. The molecule has 9 nitrogen and oxygen atoms in total. The van der Waals surface area contributed by atoms with Gasteiger partial charge in [-0.3, -0.25) is 4.40 Å². The highest BCUT2D eigenvalue weighted by Gasteiger charge is 1.88. The van der Waals surface area contributed by atoms with E-state index in [1.807, 2.05) is 59.1 Å². The van der Waals surface area contributed by atoms with Crippen LogP contribution in [-0.4, -0.2) is 44.0 Å². The maximum atomic E-state index is 3.97. The lowest BCUT2D eigenvalue weighted by Gasteiger charge is -1.85. The molecule has 0 unspecified atom stereocenters. The first-order valence-electron chi connectivity index (χ1n) is 8.13. The molecular formula is C18H15N9. The molecular weight excluding hydrogens is 342 g/mol. The SMILES string of the molecule is c1cc2ccnn2cn1.c1ccn2cnnc2c1.c1cnn2nccc2c1. The first-order valence-corrected chi connectivity index (χ1v) is 8.13. The van der Waals surface area contributed by atoms with E-state index in [0.717, 1.165) is 16.7 Å². The van der Waals surface area contributed by atoms with Crippen molar-refractivity contribution in [3.05, 3.63) is 92.2 Å². The standard InChI is InChI=1S/3C6H5N3/c1-3-7-5-9-6(1)2-4-8-9;1-2-6-3-5-8-9(6)7-4-1;1-2-4-9-5-7-8-6(9)3-1/h3*1-5H. The lowest BCUT2D eigenvalue weighted by molar-refractivity contribution is 0.800. The molecule has 6 aromatic heterocycles. The third kappa shape index (κ3) is 3.93. The number of rotatable bonds is 0. The van der Waals surface area contributed by atoms with Gasteiger partial charge in [0.1, 0.15) is 12.7 Å². The van der Waals surface area contributed by atoms with E-state index in [9.17, 15) is 0 Å². The Labute approximate surface area is 153 Å². The summed E-state index contributed by atoms with van der Waals surface area (Å²) in [6.07, 6.45) is 12.2. The molecule has 6 rings (SSSR count). The van der Waals surface area contributed by atoms with Gasteiger partial charge in [0.25, 0.3) is 0 Å². The van der Waals surface area contributed by atoms with E-state index in [-0.39, 0.29) is 0 Å². The van der Waals surface area contributed by atoms with Crippen LogP contribution in [0, 0.1) is 0 Å². The average molecular weight is 357 g/mol. The van der Waals surface area contributed by atoms with Crippen LogP contribution in [0.5, 0.6) is 0 Å². The fraction of sp³-hybridized carbons (Fsp3) is 0. The Morgan fingerprint density at radius 1 is 0.667 bits per heavy atom. The van der Waals surface area contributed by atoms with Crippen LogP contribution in [0.4, 0.5) is 0 Å². The molecule has 0 spiro atoms. The second-order valence-electron chi connectivity index (χ2n) is 5.35. The van der Waals surface area contributed by atoms with Gasteiger partial charge in [-0.05, 0) is 42.5 Å². The van der Waals surface area contributed by atoms with Crippen molar-refractivity contribution in [2.24, 2.45) is 0 Å². The van der Waals surface area contributed by atoms with E-state index in [1.165, 1.54) is 0 Å². The summed E-state index contributed by atoms with van der Waals surface area (Å²) in [6.45, 7) is 0. The molecule has 9 heteroatoms. The van der Waals surface area contributed by atoms with Gasteiger partial charge in [0.15, 0.2) is 5.65 Å². The average Bonchev–Trinajstić information content (AvgIpc) is 3.48. The van der Waals surface area contributed by atoms with E-state index >= 15 is 0 Å². The van der Waals surface area contributed by atoms with Crippen LogP contribution < -0.4 is 0 Å². The van der Waals surface area contributed by atoms with Crippen molar-refractivity contribution < 1.29 is 0 Å². The molecule has 0 fully saturated rings. The van der Waals surface area contributed by atoms with Crippen LogP contribution in [0.3, 0.4) is 0 Å². The smallest absolute Gasteiger partial charge is 0.160 e. The maximum absolute atomic E-state index is 3.97. The minimum absolute atomic E-state index is 0.887. The molecule has 0 saturated carbocycles. The van der Waals surface area contributed by atoms with Crippen molar-refractivity contribution >= 4 is 16.7 Å². The summed E-state index contributed by atoms with van der Waals surface area (Å²) < 4.78 is 5.17. The molecule has 0 N–H and O–H groups in total. The van der Waals surface area contributed by atoms with Crippen molar-refractivity contribution in [2.75, 3.05) is 0 Å². The third-order valence-electron chi connectivity index (χ3n) is 3.59. The predicted octanol–water partition coefficient (Wildman–Crippen LogP) is 2.19. The van der Waals surface area contributed by atoms with Gasteiger partial charge in [-0.25, -0.2) is 9.50 Å². The van der Waals surface area contributed by atoms with E-state index < -0.39 is 0 Å². The van der Waals surface area contributed by atoms with Gasteiger partial charge in [0.2, 0.25) is 0 Å². The Bertz CT molecular complexity index is 1000. The molecule has 0 aromatic carbocycles. The van der Waals surface area contributed by atoms with Crippen LogP contribution in [0.2, 0.25) is 0 Å². The molecule has 0 aliphatic rings. The van der Waals surface area contributed by atoms with E-state index in [1.54, 1.807) is 46.6 Å². The second-order valence-corrected chi connectivity index (χ2v) is 5.35. The number of fused-ring (bicyclic) bond motifs is 3. The van der Waals surface area contributed by atoms with Crippen LogP contribution in [-0.2, 0) is 0 Å². The summed E-state index contributed by atoms with van der Waals surface area (Å²) in [5, 5.41) is 19.4. The molecule has 6 aromatic rings. The zero-order chi connectivity index (χ0) is 18.3. The van der Waals surface area contributed by atoms with Gasteiger partial charge in [-0.15, -0.1) is 10.2 Å². The molecule has 6 heterocycles. The van der Waals surface area contributed by atoms with E-state index in [0.29, 0.717) is 0 Å². The Balaban J connectivity index is 0.0000001000. The maximum Gasteiger partial charge on any atom is 0.160 e.